The maximum absolute atomic E-state index is 9.30. The van der Waals surface area contributed by atoms with E-state index in [-0.39, 0.29) is 12.0 Å². The standard InChI is InChI=1S/C13H15NO/c1-13(2,9-15)11-5-6-12-10(8-11)4-3-7-14-12/h3-8,15H,9H2,1-2H3. The van der Waals surface area contributed by atoms with Gasteiger partial charge >= 0.3 is 0 Å². The van der Waals surface area contributed by atoms with Crippen LogP contribution in [0.1, 0.15) is 19.4 Å². The van der Waals surface area contributed by atoms with Crippen molar-refractivity contribution in [1.29, 1.82) is 0 Å². The smallest absolute Gasteiger partial charge is 0.0702 e. The lowest BCUT2D eigenvalue weighted by atomic mass is 9.85. The largest absolute Gasteiger partial charge is 0.395 e. The van der Waals surface area contributed by atoms with Crippen molar-refractivity contribution in [2.24, 2.45) is 0 Å². The number of aliphatic hydroxyl groups is 1. The summed E-state index contributed by atoms with van der Waals surface area (Å²) in [6.45, 7) is 4.22. The molecular formula is C13H15NO. The molecule has 0 unspecified atom stereocenters. The SMILES string of the molecule is CC(C)(CO)c1ccc2ncccc2c1. The third-order valence-electron chi connectivity index (χ3n) is 2.78. The van der Waals surface area contributed by atoms with Crippen LogP contribution in [0.5, 0.6) is 0 Å². The van der Waals surface area contributed by atoms with Gasteiger partial charge in [-0.1, -0.05) is 26.0 Å². The molecule has 2 aromatic rings. The van der Waals surface area contributed by atoms with Crippen LogP contribution < -0.4 is 0 Å². The van der Waals surface area contributed by atoms with Gasteiger partial charge in [0.1, 0.15) is 0 Å². The van der Waals surface area contributed by atoms with E-state index in [1.807, 2.05) is 38.1 Å². The van der Waals surface area contributed by atoms with Crippen molar-refractivity contribution in [3.8, 4) is 0 Å². The van der Waals surface area contributed by atoms with Gasteiger partial charge in [0.2, 0.25) is 0 Å². The molecule has 2 rings (SSSR count). The predicted octanol–water partition coefficient (Wildman–Crippen LogP) is 2.50. The summed E-state index contributed by atoms with van der Waals surface area (Å²) < 4.78 is 0. The van der Waals surface area contributed by atoms with Crippen molar-refractivity contribution >= 4 is 10.9 Å². The third-order valence-corrected chi connectivity index (χ3v) is 2.78. The minimum atomic E-state index is -0.190. The highest BCUT2D eigenvalue weighted by atomic mass is 16.3. The summed E-state index contributed by atoms with van der Waals surface area (Å²) in [5.74, 6) is 0. The Bertz CT molecular complexity index is 477. The number of hydrogen-bond acceptors (Lipinski definition) is 2. The molecule has 0 bridgehead atoms. The summed E-state index contributed by atoms with van der Waals surface area (Å²) in [6, 6.07) is 10.1. The van der Waals surface area contributed by atoms with Crippen LogP contribution in [-0.2, 0) is 5.41 Å². The van der Waals surface area contributed by atoms with E-state index in [4.69, 9.17) is 0 Å². The Kier molecular flexibility index (Phi) is 2.45. The number of pyridine rings is 1. The van der Waals surface area contributed by atoms with Gasteiger partial charge < -0.3 is 5.11 Å². The Labute approximate surface area is 89.6 Å². The molecule has 0 saturated carbocycles. The van der Waals surface area contributed by atoms with Crippen molar-refractivity contribution in [2.75, 3.05) is 6.61 Å². The number of nitrogens with zero attached hydrogens (tertiary/aromatic N) is 1. The van der Waals surface area contributed by atoms with Gasteiger partial charge in [-0.25, -0.2) is 0 Å². The normalized spacial score (nSPS) is 11.9. The number of rotatable bonds is 2. The topological polar surface area (TPSA) is 33.1 Å². The minimum absolute atomic E-state index is 0.152. The molecule has 0 amide bonds. The summed E-state index contributed by atoms with van der Waals surface area (Å²) >= 11 is 0. The monoisotopic (exact) mass is 201 g/mol. The Balaban J connectivity index is 2.56. The molecule has 0 spiro atoms. The van der Waals surface area contributed by atoms with Gasteiger partial charge in [-0.05, 0) is 23.8 Å². The number of benzene rings is 1. The zero-order chi connectivity index (χ0) is 10.9. The molecule has 1 aromatic heterocycles. The highest BCUT2D eigenvalue weighted by molar-refractivity contribution is 5.79. The summed E-state index contributed by atoms with van der Waals surface area (Å²) in [5, 5.41) is 10.4. The second-order valence-electron chi connectivity index (χ2n) is 4.45. The van der Waals surface area contributed by atoms with Crippen molar-refractivity contribution in [3.05, 3.63) is 42.1 Å². The second kappa shape index (κ2) is 3.63. The molecule has 0 saturated heterocycles. The summed E-state index contributed by atoms with van der Waals surface area (Å²) in [6.07, 6.45) is 1.79. The Morgan fingerprint density at radius 1 is 1.27 bits per heavy atom. The average molecular weight is 201 g/mol. The highest BCUT2D eigenvalue weighted by Crippen LogP contribution is 2.25. The Hall–Kier alpha value is -1.41. The molecular weight excluding hydrogens is 186 g/mol. The number of fused-ring (bicyclic) bond motifs is 1. The molecule has 0 aliphatic heterocycles. The number of aliphatic hydroxyl groups excluding tert-OH is 1. The van der Waals surface area contributed by atoms with Crippen LogP contribution >= 0.6 is 0 Å². The maximum Gasteiger partial charge on any atom is 0.0702 e. The van der Waals surface area contributed by atoms with Crippen LogP contribution in [0.4, 0.5) is 0 Å². The molecule has 78 valence electrons. The quantitative estimate of drug-likeness (QED) is 0.809. The Morgan fingerprint density at radius 2 is 2.07 bits per heavy atom. The van der Waals surface area contributed by atoms with Crippen LogP contribution in [0.3, 0.4) is 0 Å². The summed E-state index contributed by atoms with van der Waals surface area (Å²) in [5.41, 5.74) is 1.95. The number of hydrogen-bond donors (Lipinski definition) is 1. The lowest BCUT2D eigenvalue weighted by Gasteiger charge is -2.22. The fraction of sp³-hybridized carbons (Fsp3) is 0.308. The van der Waals surface area contributed by atoms with E-state index in [0.717, 1.165) is 16.5 Å². The lowest BCUT2D eigenvalue weighted by Crippen LogP contribution is -2.21. The van der Waals surface area contributed by atoms with E-state index < -0.39 is 0 Å². The molecule has 1 aromatic carbocycles. The third kappa shape index (κ3) is 1.85. The molecule has 1 N–H and O–H groups in total. The molecule has 0 aliphatic carbocycles. The van der Waals surface area contributed by atoms with Gasteiger partial charge in [0.05, 0.1) is 12.1 Å². The average Bonchev–Trinajstić information content (AvgIpc) is 2.28. The van der Waals surface area contributed by atoms with E-state index >= 15 is 0 Å². The van der Waals surface area contributed by atoms with E-state index in [9.17, 15) is 5.11 Å². The van der Waals surface area contributed by atoms with E-state index in [2.05, 4.69) is 11.1 Å². The first-order valence-electron chi connectivity index (χ1n) is 5.09. The van der Waals surface area contributed by atoms with Gasteiger partial charge in [-0.3, -0.25) is 4.98 Å². The zero-order valence-corrected chi connectivity index (χ0v) is 9.07. The molecule has 0 fully saturated rings. The molecule has 2 nitrogen and oxygen atoms in total. The fourth-order valence-electron chi connectivity index (χ4n) is 1.59. The lowest BCUT2D eigenvalue weighted by molar-refractivity contribution is 0.218. The first-order chi connectivity index (χ1) is 7.13. The maximum atomic E-state index is 9.30. The summed E-state index contributed by atoms with van der Waals surface area (Å²) in [7, 11) is 0. The van der Waals surface area contributed by atoms with Crippen molar-refractivity contribution in [1.82, 2.24) is 4.98 Å². The van der Waals surface area contributed by atoms with Crippen molar-refractivity contribution in [2.45, 2.75) is 19.3 Å². The zero-order valence-electron chi connectivity index (χ0n) is 9.07. The second-order valence-corrected chi connectivity index (χ2v) is 4.45. The molecule has 0 aliphatic rings. The van der Waals surface area contributed by atoms with E-state index in [1.54, 1.807) is 6.20 Å². The van der Waals surface area contributed by atoms with Crippen molar-refractivity contribution < 1.29 is 5.11 Å². The molecule has 1 heterocycles. The minimum Gasteiger partial charge on any atom is -0.395 e. The van der Waals surface area contributed by atoms with E-state index in [0.29, 0.717) is 0 Å². The van der Waals surface area contributed by atoms with Gasteiger partial charge in [0, 0.05) is 17.0 Å². The molecule has 15 heavy (non-hydrogen) atoms. The fourth-order valence-corrected chi connectivity index (χ4v) is 1.59. The predicted molar refractivity (Wildman–Crippen MR) is 61.9 cm³/mol. The van der Waals surface area contributed by atoms with Crippen LogP contribution in [0.2, 0.25) is 0 Å². The first kappa shape index (κ1) is 10.1. The molecule has 0 atom stereocenters. The van der Waals surface area contributed by atoms with Gasteiger partial charge in [-0.2, -0.15) is 0 Å². The van der Waals surface area contributed by atoms with Crippen LogP contribution in [0, 0.1) is 0 Å². The van der Waals surface area contributed by atoms with E-state index in [1.165, 1.54) is 0 Å². The van der Waals surface area contributed by atoms with Crippen LogP contribution in [0.25, 0.3) is 10.9 Å². The molecule has 2 heteroatoms. The Morgan fingerprint density at radius 3 is 2.80 bits per heavy atom. The number of aromatic nitrogens is 1. The van der Waals surface area contributed by atoms with Crippen LogP contribution in [-0.4, -0.2) is 16.7 Å². The van der Waals surface area contributed by atoms with Crippen molar-refractivity contribution in [3.63, 3.8) is 0 Å². The summed E-state index contributed by atoms with van der Waals surface area (Å²) in [4.78, 5) is 4.27. The van der Waals surface area contributed by atoms with Gasteiger partial charge in [-0.15, -0.1) is 0 Å². The van der Waals surface area contributed by atoms with Crippen LogP contribution in [0.15, 0.2) is 36.5 Å². The first-order valence-corrected chi connectivity index (χ1v) is 5.09. The highest BCUT2D eigenvalue weighted by Gasteiger charge is 2.19. The molecule has 0 radical (unpaired) electrons. The van der Waals surface area contributed by atoms with Gasteiger partial charge in [0.15, 0.2) is 0 Å². The van der Waals surface area contributed by atoms with Gasteiger partial charge in [0.25, 0.3) is 0 Å².